The summed E-state index contributed by atoms with van der Waals surface area (Å²) in [6.45, 7) is 4.71. The van der Waals surface area contributed by atoms with Gasteiger partial charge in [0.1, 0.15) is 0 Å². The van der Waals surface area contributed by atoms with E-state index in [0.717, 1.165) is 12.8 Å². The molecule has 0 rings (SSSR count). The molecule has 0 saturated carbocycles. The highest BCUT2D eigenvalue weighted by Gasteiger charge is 2.26. The minimum Gasteiger partial charge on any atom is -0.481 e. The van der Waals surface area contributed by atoms with E-state index in [2.05, 4.69) is 19.1 Å². The van der Waals surface area contributed by atoms with E-state index in [9.17, 15) is 14.4 Å². The SMILES string of the molecule is CCCCCC/C=C/C[N+](CCCC(=O)O)(CCCC(=O)O)CCCC(=O)O. The Morgan fingerprint density at radius 3 is 1.54 bits per heavy atom. The summed E-state index contributed by atoms with van der Waals surface area (Å²) >= 11 is 0. The standard InChI is InChI=1S/C21H37NO6/c1-2-3-4-5-6-7-8-15-22(16-9-12-19(23)24,17-10-13-20(25)26)18-11-14-21(27)28/h7-8H,2-6,9-18H2,1H3,(H2-,23,24,25,26,27,28)/p+1/b8-7+. The smallest absolute Gasteiger partial charge is 0.303 e. The molecule has 0 aliphatic rings. The van der Waals surface area contributed by atoms with Crippen molar-refractivity contribution in [1.82, 2.24) is 0 Å². The summed E-state index contributed by atoms with van der Waals surface area (Å²) in [6, 6.07) is 0. The summed E-state index contributed by atoms with van der Waals surface area (Å²) in [5.74, 6) is -2.54. The van der Waals surface area contributed by atoms with Gasteiger partial charge in [0, 0.05) is 19.3 Å². The number of hydrogen-bond donors (Lipinski definition) is 3. The van der Waals surface area contributed by atoms with Gasteiger partial charge in [0.15, 0.2) is 0 Å². The molecule has 0 aromatic rings. The van der Waals surface area contributed by atoms with Crippen molar-refractivity contribution in [3.63, 3.8) is 0 Å². The largest absolute Gasteiger partial charge is 0.481 e. The van der Waals surface area contributed by atoms with Crippen molar-refractivity contribution in [2.24, 2.45) is 0 Å². The minimum absolute atomic E-state index is 0.0680. The molecule has 0 aliphatic carbocycles. The quantitative estimate of drug-likeness (QED) is 0.172. The number of carbonyl (C=O) groups is 3. The Hall–Kier alpha value is -1.89. The highest BCUT2D eigenvalue weighted by molar-refractivity contribution is 5.67. The van der Waals surface area contributed by atoms with Crippen molar-refractivity contribution in [1.29, 1.82) is 0 Å². The van der Waals surface area contributed by atoms with Gasteiger partial charge in [-0.05, 0) is 18.9 Å². The van der Waals surface area contributed by atoms with E-state index in [4.69, 9.17) is 15.3 Å². The maximum Gasteiger partial charge on any atom is 0.303 e. The molecule has 0 spiro atoms. The van der Waals surface area contributed by atoms with Gasteiger partial charge in [-0.3, -0.25) is 14.4 Å². The molecule has 3 N–H and O–H groups in total. The lowest BCUT2D eigenvalue weighted by molar-refractivity contribution is -0.923. The van der Waals surface area contributed by atoms with Gasteiger partial charge in [0.2, 0.25) is 0 Å². The van der Waals surface area contributed by atoms with Crippen LogP contribution in [0.25, 0.3) is 0 Å². The van der Waals surface area contributed by atoms with Crippen LogP contribution in [-0.2, 0) is 14.4 Å². The van der Waals surface area contributed by atoms with Crippen molar-refractivity contribution in [3.8, 4) is 0 Å². The monoisotopic (exact) mass is 400 g/mol. The lowest BCUT2D eigenvalue weighted by Gasteiger charge is -2.38. The van der Waals surface area contributed by atoms with Crippen LogP contribution in [0.1, 0.15) is 77.6 Å². The fourth-order valence-electron chi connectivity index (χ4n) is 3.41. The Labute approximate surface area is 168 Å². The number of quaternary nitrogens is 1. The zero-order chi connectivity index (χ0) is 21.3. The maximum absolute atomic E-state index is 10.9. The number of hydrogen-bond acceptors (Lipinski definition) is 3. The number of carboxylic acid groups (broad SMARTS) is 3. The third-order valence-electron chi connectivity index (χ3n) is 4.95. The molecule has 0 amide bonds. The average molecular weight is 401 g/mol. The van der Waals surface area contributed by atoms with Crippen LogP contribution < -0.4 is 0 Å². The van der Waals surface area contributed by atoms with Crippen molar-refractivity contribution in [2.75, 3.05) is 26.2 Å². The Morgan fingerprint density at radius 2 is 1.14 bits per heavy atom. The van der Waals surface area contributed by atoms with E-state index in [1.807, 2.05) is 0 Å². The topological polar surface area (TPSA) is 112 Å². The molecule has 0 aromatic carbocycles. The molecule has 0 unspecified atom stereocenters. The summed E-state index contributed by atoms with van der Waals surface area (Å²) in [5.41, 5.74) is 0. The van der Waals surface area contributed by atoms with Crippen LogP contribution in [0.2, 0.25) is 0 Å². The predicted octanol–water partition coefficient (Wildman–Crippen LogP) is 3.92. The molecule has 0 atom stereocenters. The lowest BCUT2D eigenvalue weighted by atomic mass is 10.1. The number of nitrogens with zero attached hydrogens (tertiary/aromatic N) is 1. The van der Waals surface area contributed by atoms with Gasteiger partial charge in [-0.2, -0.15) is 0 Å². The van der Waals surface area contributed by atoms with Gasteiger partial charge in [0.25, 0.3) is 0 Å². The number of unbranched alkanes of at least 4 members (excludes halogenated alkanes) is 4. The van der Waals surface area contributed by atoms with Gasteiger partial charge >= 0.3 is 17.9 Å². The molecule has 28 heavy (non-hydrogen) atoms. The number of rotatable bonds is 19. The highest BCUT2D eigenvalue weighted by Crippen LogP contribution is 2.16. The summed E-state index contributed by atoms with van der Waals surface area (Å²) in [6.07, 6.45) is 11.7. The van der Waals surface area contributed by atoms with Crippen LogP contribution in [0.5, 0.6) is 0 Å². The highest BCUT2D eigenvalue weighted by atomic mass is 16.4. The Kier molecular flexibility index (Phi) is 15.0. The van der Waals surface area contributed by atoms with Crippen LogP contribution in [0.15, 0.2) is 12.2 Å². The van der Waals surface area contributed by atoms with Gasteiger partial charge in [-0.15, -0.1) is 0 Å². The van der Waals surface area contributed by atoms with Gasteiger partial charge < -0.3 is 19.8 Å². The van der Waals surface area contributed by atoms with E-state index in [0.29, 0.717) is 49.9 Å². The van der Waals surface area contributed by atoms with Gasteiger partial charge in [-0.1, -0.05) is 32.3 Å². The Bertz CT molecular complexity index is 439. The van der Waals surface area contributed by atoms with Crippen molar-refractivity contribution < 1.29 is 34.2 Å². The van der Waals surface area contributed by atoms with Crippen molar-refractivity contribution >= 4 is 17.9 Å². The minimum atomic E-state index is -0.847. The first-order valence-electron chi connectivity index (χ1n) is 10.5. The first kappa shape index (κ1) is 26.1. The van der Waals surface area contributed by atoms with Crippen molar-refractivity contribution in [2.45, 2.75) is 77.6 Å². The lowest BCUT2D eigenvalue weighted by Crippen LogP contribution is -2.50. The second kappa shape index (κ2) is 16.1. The first-order chi connectivity index (χ1) is 13.3. The van der Waals surface area contributed by atoms with Crippen molar-refractivity contribution in [3.05, 3.63) is 12.2 Å². The molecule has 0 aromatic heterocycles. The summed E-state index contributed by atoms with van der Waals surface area (Å²) in [4.78, 5) is 32.7. The number of aliphatic carboxylic acids is 3. The second-order valence-corrected chi connectivity index (χ2v) is 7.51. The average Bonchev–Trinajstić information content (AvgIpc) is 2.60. The van der Waals surface area contributed by atoms with E-state index in [-0.39, 0.29) is 19.3 Å². The molecular weight excluding hydrogens is 362 g/mol. The van der Waals surface area contributed by atoms with Crippen LogP contribution >= 0.6 is 0 Å². The molecule has 162 valence electrons. The maximum atomic E-state index is 10.9. The predicted molar refractivity (Wildman–Crippen MR) is 108 cm³/mol. The molecule has 0 saturated heterocycles. The summed E-state index contributed by atoms with van der Waals surface area (Å²) < 4.78 is 0.555. The molecule has 7 heteroatoms. The molecule has 7 nitrogen and oxygen atoms in total. The third kappa shape index (κ3) is 15.2. The van der Waals surface area contributed by atoms with Crippen LogP contribution in [0.4, 0.5) is 0 Å². The van der Waals surface area contributed by atoms with E-state index >= 15 is 0 Å². The molecule has 0 radical (unpaired) electrons. The summed E-state index contributed by atoms with van der Waals surface area (Å²) in [7, 11) is 0. The third-order valence-corrected chi connectivity index (χ3v) is 4.95. The number of carboxylic acids is 3. The van der Waals surface area contributed by atoms with Crippen LogP contribution in [-0.4, -0.2) is 63.9 Å². The Morgan fingerprint density at radius 1 is 0.679 bits per heavy atom. The first-order valence-corrected chi connectivity index (χ1v) is 10.5. The molecule has 0 bridgehead atoms. The van der Waals surface area contributed by atoms with Gasteiger partial charge in [0.05, 0.1) is 45.4 Å². The summed E-state index contributed by atoms with van der Waals surface area (Å²) in [5, 5.41) is 26.8. The normalized spacial score (nSPS) is 11.8. The van der Waals surface area contributed by atoms with Crippen LogP contribution in [0.3, 0.4) is 0 Å². The Balaban J connectivity index is 4.94. The van der Waals surface area contributed by atoms with E-state index in [1.54, 1.807) is 0 Å². The molecule has 0 fully saturated rings. The van der Waals surface area contributed by atoms with Crippen LogP contribution in [0, 0.1) is 0 Å². The second-order valence-electron chi connectivity index (χ2n) is 7.51. The zero-order valence-corrected chi connectivity index (χ0v) is 17.3. The van der Waals surface area contributed by atoms with Gasteiger partial charge in [-0.25, -0.2) is 0 Å². The van der Waals surface area contributed by atoms with E-state index in [1.165, 1.54) is 19.3 Å². The number of allylic oxidation sites excluding steroid dienone is 1. The molecular formula is C21H38NO6+. The fraction of sp³-hybridized carbons (Fsp3) is 0.762. The zero-order valence-electron chi connectivity index (χ0n) is 17.3. The molecule has 0 heterocycles. The fourth-order valence-corrected chi connectivity index (χ4v) is 3.41. The molecule has 0 aliphatic heterocycles. The van der Waals surface area contributed by atoms with E-state index < -0.39 is 17.9 Å².